The van der Waals surface area contributed by atoms with E-state index in [0.717, 1.165) is 5.56 Å². The fourth-order valence-corrected chi connectivity index (χ4v) is 3.12. The van der Waals surface area contributed by atoms with Crippen LogP contribution in [0.3, 0.4) is 0 Å². The lowest BCUT2D eigenvalue weighted by Gasteiger charge is -2.40. The zero-order valence-corrected chi connectivity index (χ0v) is 11.0. The van der Waals surface area contributed by atoms with Gasteiger partial charge in [0.2, 0.25) is 0 Å². The number of nitrogens with zero attached hydrogens (tertiary/aromatic N) is 2. The first-order valence-electron chi connectivity index (χ1n) is 6.48. The molecule has 3 rings (SSSR count). The number of esters is 1. The second-order valence-electron chi connectivity index (χ2n) is 5.12. The zero-order valence-electron chi connectivity index (χ0n) is 11.0. The number of carbonyl (C=O) groups excluding carboxylic acids is 1. The molecule has 0 radical (unpaired) electrons. The minimum atomic E-state index is -0.434. The van der Waals surface area contributed by atoms with Crippen molar-refractivity contribution in [1.29, 1.82) is 10.5 Å². The molecule has 0 aromatic heterocycles. The Labute approximate surface area is 116 Å². The van der Waals surface area contributed by atoms with E-state index in [1.165, 1.54) is 6.92 Å². The van der Waals surface area contributed by atoms with Crippen molar-refractivity contribution in [2.75, 3.05) is 0 Å². The lowest BCUT2D eigenvalue weighted by molar-refractivity contribution is -0.148. The molecule has 4 nitrogen and oxygen atoms in total. The molecule has 0 spiro atoms. The molecule has 2 aliphatic carbocycles. The predicted octanol–water partition coefficient (Wildman–Crippen LogP) is 2.71. The second kappa shape index (κ2) is 4.51. The molecule has 0 saturated carbocycles. The highest BCUT2D eigenvalue weighted by atomic mass is 16.5. The van der Waals surface area contributed by atoms with Gasteiger partial charge in [0.15, 0.2) is 0 Å². The first-order chi connectivity index (χ1) is 9.65. The largest absolute Gasteiger partial charge is 0.458 e. The monoisotopic (exact) mass is 264 g/mol. The number of ether oxygens (including phenoxy) is 1. The molecular formula is C16H12N2O2. The molecule has 98 valence electrons. The van der Waals surface area contributed by atoms with Crippen LogP contribution in [0.2, 0.25) is 0 Å². The summed E-state index contributed by atoms with van der Waals surface area (Å²) in [5.74, 6) is 0.0848. The van der Waals surface area contributed by atoms with Crippen molar-refractivity contribution < 1.29 is 9.53 Å². The van der Waals surface area contributed by atoms with E-state index in [-0.39, 0.29) is 17.8 Å². The molecule has 0 saturated heterocycles. The highest BCUT2D eigenvalue weighted by Gasteiger charge is 2.40. The number of carbonyl (C=O) groups is 1. The standard InChI is InChI=1S/C16H12N2O2/c1-9(19)20-14-6-10-4-5-13(10)15-11(7-17)2-3-12(8-18)16(14)15/h2-5,10,13-14H,6H2,1H3/t10-,13?,14-/m0/s1. The highest BCUT2D eigenvalue weighted by Crippen LogP contribution is 2.51. The van der Waals surface area contributed by atoms with Crippen LogP contribution in [0.15, 0.2) is 24.3 Å². The molecule has 1 aromatic rings. The molecule has 0 N–H and O–H groups in total. The molecule has 0 fully saturated rings. The maximum Gasteiger partial charge on any atom is 0.303 e. The van der Waals surface area contributed by atoms with Gasteiger partial charge in [-0.15, -0.1) is 0 Å². The third kappa shape index (κ3) is 1.70. The number of hydrogen-bond donors (Lipinski definition) is 0. The van der Waals surface area contributed by atoms with Gasteiger partial charge in [0, 0.05) is 18.4 Å². The molecule has 4 heteroatoms. The average molecular weight is 264 g/mol. The van der Waals surface area contributed by atoms with Crippen molar-refractivity contribution in [1.82, 2.24) is 0 Å². The normalized spacial score (nSPS) is 25.4. The van der Waals surface area contributed by atoms with Gasteiger partial charge in [-0.1, -0.05) is 12.2 Å². The average Bonchev–Trinajstić information content (AvgIpc) is 2.40. The number of hydrogen-bond acceptors (Lipinski definition) is 4. The summed E-state index contributed by atoms with van der Waals surface area (Å²) in [7, 11) is 0. The van der Waals surface area contributed by atoms with Gasteiger partial charge in [-0.05, 0) is 30.0 Å². The Hall–Kier alpha value is -2.59. The Morgan fingerprint density at radius 2 is 1.85 bits per heavy atom. The van der Waals surface area contributed by atoms with E-state index in [1.54, 1.807) is 12.1 Å². The molecule has 1 aromatic carbocycles. The van der Waals surface area contributed by atoms with Crippen molar-refractivity contribution in [2.45, 2.75) is 25.4 Å². The van der Waals surface area contributed by atoms with E-state index in [0.29, 0.717) is 23.1 Å². The van der Waals surface area contributed by atoms with Gasteiger partial charge in [0.05, 0.1) is 23.3 Å². The number of rotatable bonds is 1. The fraction of sp³-hybridized carbons (Fsp3) is 0.312. The highest BCUT2D eigenvalue weighted by molar-refractivity contribution is 5.67. The number of fused-ring (bicyclic) bond motifs is 3. The summed E-state index contributed by atoms with van der Waals surface area (Å²) in [4.78, 5) is 11.3. The summed E-state index contributed by atoms with van der Waals surface area (Å²) in [5, 5.41) is 18.6. The van der Waals surface area contributed by atoms with Gasteiger partial charge in [-0.3, -0.25) is 4.79 Å². The Kier molecular flexibility index (Phi) is 2.80. The molecule has 20 heavy (non-hydrogen) atoms. The van der Waals surface area contributed by atoms with E-state index in [1.807, 2.05) is 0 Å². The Balaban J connectivity index is 2.22. The summed E-state index contributed by atoms with van der Waals surface area (Å²) in [6.45, 7) is 1.36. The van der Waals surface area contributed by atoms with Gasteiger partial charge in [0.25, 0.3) is 0 Å². The van der Waals surface area contributed by atoms with Crippen molar-refractivity contribution in [3.63, 3.8) is 0 Å². The lowest BCUT2D eigenvalue weighted by Crippen LogP contribution is -2.30. The summed E-state index contributed by atoms with van der Waals surface area (Å²) >= 11 is 0. The van der Waals surface area contributed by atoms with Crippen molar-refractivity contribution >= 4 is 5.97 Å². The second-order valence-corrected chi connectivity index (χ2v) is 5.12. The molecule has 0 bridgehead atoms. The van der Waals surface area contributed by atoms with Gasteiger partial charge in [0.1, 0.15) is 6.10 Å². The van der Waals surface area contributed by atoms with Crippen LogP contribution < -0.4 is 0 Å². The minimum absolute atomic E-state index is 0.166. The predicted molar refractivity (Wildman–Crippen MR) is 70.4 cm³/mol. The van der Waals surface area contributed by atoms with Crippen LogP contribution in [0.1, 0.15) is 47.6 Å². The van der Waals surface area contributed by atoms with E-state index in [4.69, 9.17) is 4.74 Å². The summed E-state index contributed by atoms with van der Waals surface area (Å²) in [6, 6.07) is 7.64. The van der Waals surface area contributed by atoms with Crippen LogP contribution in [-0.2, 0) is 9.53 Å². The molecule has 2 aliphatic rings. The lowest BCUT2D eigenvalue weighted by atomic mass is 9.65. The molecule has 1 unspecified atom stereocenters. The van der Waals surface area contributed by atoms with Gasteiger partial charge >= 0.3 is 5.97 Å². The first kappa shape index (κ1) is 12.4. The van der Waals surface area contributed by atoms with Crippen LogP contribution in [0, 0.1) is 28.6 Å². The molecule has 0 heterocycles. The van der Waals surface area contributed by atoms with E-state index < -0.39 is 6.10 Å². The minimum Gasteiger partial charge on any atom is -0.458 e. The van der Waals surface area contributed by atoms with E-state index in [9.17, 15) is 15.3 Å². The molecule has 0 amide bonds. The van der Waals surface area contributed by atoms with Gasteiger partial charge in [-0.25, -0.2) is 0 Å². The third-order valence-electron chi connectivity index (χ3n) is 4.00. The summed E-state index contributed by atoms with van der Waals surface area (Å²) < 4.78 is 5.38. The summed E-state index contributed by atoms with van der Waals surface area (Å²) in [5.41, 5.74) is 2.63. The SMILES string of the molecule is CC(=O)O[C@H]1C[C@@H]2C=CC2c2c(C#N)ccc(C#N)c21. The van der Waals surface area contributed by atoms with Crippen LogP contribution in [0.5, 0.6) is 0 Å². The summed E-state index contributed by atoms with van der Waals surface area (Å²) in [6.07, 6.45) is 4.37. The molecule has 0 aliphatic heterocycles. The first-order valence-corrected chi connectivity index (χ1v) is 6.48. The maximum atomic E-state index is 11.3. The smallest absolute Gasteiger partial charge is 0.303 e. The Bertz CT molecular complexity index is 706. The van der Waals surface area contributed by atoms with Crippen LogP contribution in [0.25, 0.3) is 0 Å². The molecule has 3 atom stereocenters. The van der Waals surface area contributed by atoms with Crippen molar-refractivity contribution in [2.24, 2.45) is 5.92 Å². The Morgan fingerprint density at radius 3 is 2.35 bits per heavy atom. The van der Waals surface area contributed by atoms with Gasteiger partial charge in [-0.2, -0.15) is 10.5 Å². The van der Waals surface area contributed by atoms with Gasteiger partial charge < -0.3 is 4.74 Å². The van der Waals surface area contributed by atoms with Crippen LogP contribution >= 0.6 is 0 Å². The third-order valence-corrected chi connectivity index (χ3v) is 4.00. The van der Waals surface area contributed by atoms with E-state index in [2.05, 4.69) is 24.3 Å². The van der Waals surface area contributed by atoms with Crippen molar-refractivity contribution in [3.8, 4) is 12.1 Å². The van der Waals surface area contributed by atoms with E-state index >= 15 is 0 Å². The quantitative estimate of drug-likeness (QED) is 0.577. The number of benzene rings is 1. The fourth-order valence-electron chi connectivity index (χ4n) is 3.12. The topological polar surface area (TPSA) is 73.9 Å². The Morgan fingerprint density at radius 1 is 1.20 bits per heavy atom. The maximum absolute atomic E-state index is 11.3. The number of nitriles is 2. The van der Waals surface area contributed by atoms with Crippen LogP contribution in [0.4, 0.5) is 0 Å². The number of allylic oxidation sites excluding steroid dienone is 2. The van der Waals surface area contributed by atoms with Crippen LogP contribution in [-0.4, -0.2) is 5.97 Å². The zero-order chi connectivity index (χ0) is 14.3. The molecular weight excluding hydrogens is 252 g/mol. The van der Waals surface area contributed by atoms with Crippen molar-refractivity contribution in [3.05, 3.63) is 46.5 Å².